The normalized spacial score (nSPS) is 30.4. The minimum atomic E-state index is -5.68. The van der Waals surface area contributed by atoms with Crippen LogP contribution in [0.4, 0.5) is 5.69 Å². The van der Waals surface area contributed by atoms with E-state index in [1.54, 1.807) is 0 Å². The van der Waals surface area contributed by atoms with Gasteiger partial charge in [0, 0.05) is 62.8 Å². The average Bonchev–Trinajstić information content (AvgIpc) is 0.758. The van der Waals surface area contributed by atoms with Crippen LogP contribution in [-0.2, 0) is 92.2 Å². The van der Waals surface area contributed by atoms with Crippen molar-refractivity contribution in [1.29, 1.82) is 0 Å². The Morgan fingerprint density at radius 2 is 1.23 bits per heavy atom. The number of carboxylic acid groups (broad SMARTS) is 1. The summed E-state index contributed by atoms with van der Waals surface area (Å²) in [5.41, 5.74) is -0.558. The van der Waals surface area contributed by atoms with Gasteiger partial charge in [-0.1, -0.05) is 25.7 Å². The van der Waals surface area contributed by atoms with Gasteiger partial charge in [-0.05, 0) is 56.2 Å². The van der Waals surface area contributed by atoms with Gasteiger partial charge < -0.3 is 145 Å². The second-order valence-corrected chi connectivity index (χ2v) is 28.1. The van der Waals surface area contributed by atoms with Crippen LogP contribution in [0.2, 0.25) is 0 Å². The molecule has 6 rings (SSSR count). The number of rotatable bonds is 33. The van der Waals surface area contributed by atoms with Gasteiger partial charge >= 0.3 is 94.6 Å². The van der Waals surface area contributed by atoms with E-state index in [0.717, 1.165) is 19.9 Å². The van der Waals surface area contributed by atoms with Gasteiger partial charge in [0.25, 0.3) is 5.79 Å². The third-order valence-electron chi connectivity index (χ3n) is 16.3. The fourth-order valence-electron chi connectivity index (χ4n) is 11.4. The summed E-state index contributed by atoms with van der Waals surface area (Å²) in [5, 5.41) is 143. The van der Waals surface area contributed by atoms with E-state index in [1.165, 1.54) is 6.92 Å². The minimum Gasteiger partial charge on any atom is -0.744 e. The van der Waals surface area contributed by atoms with Gasteiger partial charge in [-0.2, -0.15) is 0 Å². The molecule has 0 aromatic heterocycles. The maximum atomic E-state index is 13.2. The standard InChI is InChI=1S/C55H84N6O34S4.3Na/c1-23-40(71)43(74)44(75)51(89-23)93-48-39(60-25(3)66)50(91-32(22-64)46(48)92-52-45(76)49(42(73)31(21-63)90-52)95-55(53(77)78)18-29(67)38(59-24(2)65)47(94-55)41(72)30(68)20-62)88-15-9-7-5-4-6-8-10-35(69)56-13-14-57-54(96)58-19-36(70)61-28-11-12-33(98(82,83)84)27-16-26(97(79,80)81)17-34(37(27)28)99(85,86)87;;;/h11-12,16-17,23,29-32,38-52,62-64,67-68,71-76H,4-10,13-15,18-22H2,1-3H3,(H,56,69)(H,59,65)(H,60,66)(H,61,70)(H,77,78)(H2,57,58,96)(H,79,80,81)(H,82,83,84)(H,85,86,87);;;/q;3*+1/p-3/t23-,29+,30+,31-,32-,38-,39-,40+,41-,42+,43+,44-,45-,46-,47-,48-,49+,50-,51+,52+,55+;;;/m1.../s1. The molecule has 0 unspecified atom stereocenters. The predicted molar refractivity (Wildman–Crippen MR) is 327 cm³/mol. The molecule has 562 valence electrons. The molecule has 0 bridgehead atoms. The van der Waals surface area contributed by atoms with E-state index < -0.39 is 246 Å². The monoisotopic (exact) mass is 1570 g/mol. The summed E-state index contributed by atoms with van der Waals surface area (Å²) in [6, 6.07) is -1.29. The molecule has 47 heteroatoms. The SMILES string of the molecule is CC(=O)N[C@H]1[C@H](OCCCCCCCCC(=O)NCCNC(=S)NCC(=O)Nc2ccc(S(=O)(=O)[O-])c3cc(S(=O)(=O)[O-])cc(S(=O)(=O)[O-])c23)O[C@H](CO)[C@@H](O[C@@H]2O[C@H](CO)[C@H](O)[C@H](O[C@]3(C(=O)O)C[C@H](O)[C@@H](NC(C)=O)[C@H]([C@H](O)[C@@H](O)CO)O3)[C@H]2O)[C@@H]1O[C@@H]1O[C@H](C)[C@H](O)[C@H](O)[C@H]1O.[Na+].[Na+].[Na+]. The van der Waals surface area contributed by atoms with E-state index in [0.29, 0.717) is 50.7 Å². The predicted octanol–water partition coefficient (Wildman–Crippen LogP) is -17.4. The maximum absolute atomic E-state index is 13.2. The van der Waals surface area contributed by atoms with Crippen LogP contribution in [0.3, 0.4) is 0 Å². The van der Waals surface area contributed by atoms with Crippen molar-refractivity contribution in [2.24, 2.45) is 0 Å². The van der Waals surface area contributed by atoms with Crippen molar-refractivity contribution in [2.75, 3.05) is 51.4 Å². The van der Waals surface area contributed by atoms with Crippen LogP contribution >= 0.6 is 12.2 Å². The van der Waals surface area contributed by atoms with Crippen molar-refractivity contribution < 1.29 is 251 Å². The van der Waals surface area contributed by atoms with E-state index in [1.807, 2.05) is 0 Å². The van der Waals surface area contributed by atoms with Gasteiger partial charge in [-0.15, -0.1) is 0 Å². The number of nitrogens with one attached hydrogen (secondary N) is 6. The molecule has 2 aromatic carbocycles. The number of amides is 4. The van der Waals surface area contributed by atoms with E-state index in [4.69, 9.17) is 50.1 Å². The molecule has 4 heterocycles. The number of carboxylic acids is 1. The molecule has 4 saturated heterocycles. The molecule has 0 radical (unpaired) electrons. The Labute approximate surface area is 656 Å². The largest absolute Gasteiger partial charge is 1.00 e. The molecule has 0 spiro atoms. The number of aliphatic hydroxyl groups excluding tert-OH is 11. The number of ether oxygens (including phenoxy) is 8. The molecule has 18 N–H and O–H groups in total. The van der Waals surface area contributed by atoms with Crippen LogP contribution in [0.5, 0.6) is 0 Å². The van der Waals surface area contributed by atoms with Crippen LogP contribution in [0, 0.1) is 0 Å². The van der Waals surface area contributed by atoms with Crippen LogP contribution in [-0.4, -0.2) is 309 Å². The molecular formula is C55H81N6Na3O34S4. The smallest absolute Gasteiger partial charge is 0.744 e. The van der Waals surface area contributed by atoms with E-state index in [2.05, 4.69) is 31.9 Å². The first-order chi connectivity index (χ1) is 46.3. The Morgan fingerprint density at radius 3 is 1.80 bits per heavy atom. The first-order valence-electron chi connectivity index (χ1n) is 30.6. The molecule has 0 aliphatic carbocycles. The quantitative estimate of drug-likeness (QED) is 0.0137. The van der Waals surface area contributed by atoms with Crippen molar-refractivity contribution in [1.82, 2.24) is 26.6 Å². The summed E-state index contributed by atoms with van der Waals surface area (Å²) >= 11 is 5.15. The third-order valence-corrected chi connectivity index (χ3v) is 19.1. The number of aliphatic hydroxyl groups is 11. The Kier molecular flexibility index (Phi) is 38.2. The zero-order valence-corrected chi connectivity index (χ0v) is 65.2. The van der Waals surface area contributed by atoms with Crippen LogP contribution in [0.1, 0.15) is 72.1 Å². The second-order valence-electron chi connectivity index (χ2n) is 23.6. The summed E-state index contributed by atoms with van der Waals surface area (Å²) < 4.78 is 155. The average molecular weight is 1570 g/mol. The summed E-state index contributed by atoms with van der Waals surface area (Å²) in [5.74, 6) is -8.11. The van der Waals surface area contributed by atoms with E-state index in [9.17, 15) is 124 Å². The molecule has 0 saturated carbocycles. The number of unbranched alkanes of at least 4 members (excludes halogenated alkanes) is 5. The number of thiocarbonyl (C=S) groups is 1. The summed E-state index contributed by atoms with van der Waals surface area (Å²) in [6.07, 6.45) is -32.4. The van der Waals surface area contributed by atoms with Gasteiger partial charge in [0.1, 0.15) is 116 Å². The number of anilines is 1. The van der Waals surface area contributed by atoms with Gasteiger partial charge in [-0.3, -0.25) is 19.2 Å². The van der Waals surface area contributed by atoms with Gasteiger partial charge in [0.05, 0.1) is 59.3 Å². The first kappa shape index (κ1) is 93.9. The summed E-state index contributed by atoms with van der Waals surface area (Å²) in [7, 11) is -16.7. The molecule has 4 fully saturated rings. The fourth-order valence-corrected chi connectivity index (χ4v) is 13.5. The van der Waals surface area contributed by atoms with Crippen molar-refractivity contribution >= 4 is 93.7 Å². The molecule has 40 nitrogen and oxygen atoms in total. The Hall–Kier alpha value is -2.29. The zero-order chi connectivity index (χ0) is 73.8. The van der Waals surface area contributed by atoms with Crippen molar-refractivity contribution in [3.8, 4) is 0 Å². The topological polar surface area (TPSA) is 646 Å². The number of fused-ring (bicyclic) bond motifs is 1. The van der Waals surface area contributed by atoms with E-state index in [-0.39, 0.29) is 132 Å². The fraction of sp³-hybridized carbons (Fsp3) is 0.709. The summed E-state index contributed by atoms with van der Waals surface area (Å²) in [4.78, 5) is 59.8. The molecule has 4 amide bonds. The van der Waals surface area contributed by atoms with E-state index >= 15 is 0 Å². The van der Waals surface area contributed by atoms with Crippen molar-refractivity contribution in [2.45, 2.75) is 215 Å². The molecule has 102 heavy (non-hydrogen) atoms. The Morgan fingerprint density at radius 1 is 0.657 bits per heavy atom. The molecule has 4 aliphatic heterocycles. The first-order valence-corrected chi connectivity index (χ1v) is 35.3. The van der Waals surface area contributed by atoms with Crippen molar-refractivity contribution in [3.05, 3.63) is 24.3 Å². The van der Waals surface area contributed by atoms with Crippen LogP contribution in [0.25, 0.3) is 10.8 Å². The van der Waals surface area contributed by atoms with Gasteiger partial charge in [-0.25, -0.2) is 30.0 Å². The number of hydrogen-bond acceptors (Lipinski definition) is 34. The maximum Gasteiger partial charge on any atom is 1.00 e. The third kappa shape index (κ3) is 24.9. The second kappa shape index (κ2) is 41.5. The number of hydrogen-bond donors (Lipinski definition) is 18. The number of carbonyl (C=O) groups is 5. The Balaban J connectivity index is 0.00000901. The molecule has 4 aliphatic rings. The number of aliphatic carboxylic acids is 1. The number of benzene rings is 2. The minimum absolute atomic E-state index is 0. The number of carbonyl (C=O) groups excluding carboxylic acids is 4. The van der Waals surface area contributed by atoms with Crippen molar-refractivity contribution in [3.63, 3.8) is 0 Å². The zero-order valence-electron chi connectivity index (χ0n) is 55.9. The molecule has 21 atom stereocenters. The van der Waals surface area contributed by atoms with Gasteiger partial charge in [0.2, 0.25) is 23.6 Å². The molecular weight excluding hydrogens is 1490 g/mol. The molecule has 2 aromatic rings. The van der Waals surface area contributed by atoms with Gasteiger partial charge in [0.15, 0.2) is 24.0 Å². The van der Waals surface area contributed by atoms with Crippen LogP contribution < -0.4 is 121 Å². The Bertz CT molecular complexity index is 3510. The van der Waals surface area contributed by atoms with Crippen LogP contribution in [0.15, 0.2) is 39.0 Å². The summed E-state index contributed by atoms with van der Waals surface area (Å²) in [6.45, 7) is -0.418.